The van der Waals surface area contributed by atoms with Crippen LogP contribution in [-0.4, -0.2) is 47.4 Å². The van der Waals surface area contributed by atoms with Crippen molar-refractivity contribution in [2.24, 2.45) is 17.6 Å². The first-order valence-corrected chi connectivity index (χ1v) is 7.07. The third kappa shape index (κ3) is 5.37. The molecule has 5 nitrogen and oxygen atoms in total. The van der Waals surface area contributed by atoms with E-state index in [-0.39, 0.29) is 24.7 Å². The summed E-state index contributed by atoms with van der Waals surface area (Å²) in [7, 11) is 0. The molecule has 0 saturated carbocycles. The first-order valence-electron chi connectivity index (χ1n) is 7.07. The highest BCUT2D eigenvalue weighted by Crippen LogP contribution is 2.24. The summed E-state index contributed by atoms with van der Waals surface area (Å²) in [5.74, 6) is 0.644. The minimum atomic E-state index is -0.483. The number of aliphatic hydroxyl groups is 1. The van der Waals surface area contributed by atoms with Gasteiger partial charge in [-0.2, -0.15) is 0 Å². The van der Waals surface area contributed by atoms with E-state index in [2.05, 4.69) is 6.92 Å². The van der Waals surface area contributed by atoms with Crippen LogP contribution in [0.2, 0.25) is 0 Å². The Bertz CT molecular complexity index is 302. The summed E-state index contributed by atoms with van der Waals surface area (Å²) in [6.45, 7) is 8.98. The van der Waals surface area contributed by atoms with E-state index in [1.807, 2.05) is 20.8 Å². The van der Waals surface area contributed by atoms with E-state index in [0.29, 0.717) is 19.0 Å². The zero-order valence-corrected chi connectivity index (χ0v) is 12.6. The molecule has 19 heavy (non-hydrogen) atoms. The van der Waals surface area contributed by atoms with Crippen LogP contribution in [0, 0.1) is 11.8 Å². The van der Waals surface area contributed by atoms with Crippen LogP contribution in [0.4, 0.5) is 4.79 Å². The number of rotatable bonds is 2. The van der Waals surface area contributed by atoms with Gasteiger partial charge in [-0.15, -0.1) is 0 Å². The number of likely N-dealkylation sites (tertiary alicyclic amines) is 1. The average Bonchev–Trinajstić information content (AvgIpc) is 2.48. The monoisotopic (exact) mass is 272 g/mol. The van der Waals surface area contributed by atoms with Crippen LogP contribution >= 0.6 is 0 Å². The van der Waals surface area contributed by atoms with Crippen LogP contribution < -0.4 is 5.73 Å². The smallest absolute Gasteiger partial charge is 0.410 e. The maximum absolute atomic E-state index is 12.1. The summed E-state index contributed by atoms with van der Waals surface area (Å²) in [6.07, 6.45) is 1.62. The summed E-state index contributed by atoms with van der Waals surface area (Å²) in [5, 5.41) is 9.22. The zero-order chi connectivity index (χ0) is 14.6. The largest absolute Gasteiger partial charge is 0.444 e. The molecule has 5 heteroatoms. The van der Waals surface area contributed by atoms with Crippen molar-refractivity contribution in [2.75, 3.05) is 19.7 Å². The second-order valence-electron chi connectivity index (χ2n) is 6.66. The lowest BCUT2D eigenvalue weighted by atomic mass is 9.90. The highest BCUT2D eigenvalue weighted by atomic mass is 16.6. The van der Waals surface area contributed by atoms with E-state index >= 15 is 0 Å². The number of carbonyl (C=O) groups excluding carboxylic acids is 1. The fourth-order valence-corrected chi connectivity index (χ4v) is 2.41. The van der Waals surface area contributed by atoms with Crippen molar-refractivity contribution in [1.82, 2.24) is 4.90 Å². The number of hydrogen-bond donors (Lipinski definition) is 2. The second-order valence-corrected chi connectivity index (χ2v) is 6.66. The normalized spacial score (nSPS) is 26.7. The van der Waals surface area contributed by atoms with Gasteiger partial charge < -0.3 is 20.5 Å². The summed E-state index contributed by atoms with van der Waals surface area (Å²) in [6, 6.07) is -0.273. The van der Waals surface area contributed by atoms with Gasteiger partial charge in [-0.05, 0) is 45.4 Å². The Hall–Kier alpha value is -0.810. The van der Waals surface area contributed by atoms with Crippen molar-refractivity contribution in [2.45, 2.75) is 52.2 Å². The molecule has 1 fully saturated rings. The Morgan fingerprint density at radius 3 is 2.68 bits per heavy atom. The average molecular weight is 272 g/mol. The highest BCUT2D eigenvalue weighted by molar-refractivity contribution is 5.68. The fraction of sp³-hybridized carbons (Fsp3) is 0.929. The lowest BCUT2D eigenvalue weighted by Crippen LogP contribution is -2.44. The Morgan fingerprint density at radius 2 is 2.16 bits per heavy atom. The molecule has 1 amide bonds. The minimum Gasteiger partial charge on any atom is -0.444 e. The molecule has 0 aromatic rings. The Balaban J connectivity index is 2.69. The maximum atomic E-state index is 12.1. The molecule has 1 rings (SSSR count). The van der Waals surface area contributed by atoms with E-state index in [1.165, 1.54) is 0 Å². The SMILES string of the molecule is CC1CCN(C(=O)OC(C)(C)C)CC(C(N)CO)C1. The molecule has 112 valence electrons. The highest BCUT2D eigenvalue weighted by Gasteiger charge is 2.30. The Labute approximate surface area is 116 Å². The third-order valence-electron chi connectivity index (χ3n) is 3.52. The quantitative estimate of drug-likeness (QED) is 0.800. The molecule has 0 spiro atoms. The summed E-state index contributed by atoms with van der Waals surface area (Å²) >= 11 is 0. The number of hydrogen-bond acceptors (Lipinski definition) is 4. The molecule has 3 N–H and O–H groups in total. The third-order valence-corrected chi connectivity index (χ3v) is 3.52. The van der Waals surface area contributed by atoms with Gasteiger partial charge in [0.1, 0.15) is 5.60 Å². The van der Waals surface area contributed by atoms with Gasteiger partial charge in [-0.25, -0.2) is 4.79 Å². The lowest BCUT2D eigenvalue weighted by molar-refractivity contribution is 0.0221. The number of aliphatic hydroxyl groups excluding tert-OH is 1. The van der Waals surface area contributed by atoms with Crippen molar-refractivity contribution < 1.29 is 14.6 Å². The standard InChI is InChI=1S/C14H28N2O3/c1-10-5-6-16(13(18)19-14(2,3)4)8-11(7-10)12(15)9-17/h10-12,17H,5-9,15H2,1-4H3. The van der Waals surface area contributed by atoms with Gasteiger partial charge >= 0.3 is 6.09 Å². The number of nitrogens with two attached hydrogens (primary N) is 1. The molecule has 1 heterocycles. The van der Waals surface area contributed by atoms with Crippen LogP contribution in [0.15, 0.2) is 0 Å². The summed E-state index contributed by atoms with van der Waals surface area (Å²) < 4.78 is 5.41. The van der Waals surface area contributed by atoms with Crippen molar-refractivity contribution >= 4 is 6.09 Å². The molecule has 0 radical (unpaired) electrons. The van der Waals surface area contributed by atoms with Crippen molar-refractivity contribution in [1.29, 1.82) is 0 Å². The number of ether oxygens (including phenoxy) is 1. The van der Waals surface area contributed by atoms with Crippen LogP contribution in [0.3, 0.4) is 0 Å². The van der Waals surface area contributed by atoms with E-state index < -0.39 is 5.60 Å². The molecule has 1 saturated heterocycles. The van der Waals surface area contributed by atoms with Crippen LogP contribution in [-0.2, 0) is 4.74 Å². The van der Waals surface area contributed by atoms with Crippen LogP contribution in [0.25, 0.3) is 0 Å². The van der Waals surface area contributed by atoms with Gasteiger partial charge in [0.2, 0.25) is 0 Å². The molecule has 3 atom stereocenters. The van der Waals surface area contributed by atoms with Gasteiger partial charge in [0.15, 0.2) is 0 Å². The molecule has 0 aromatic carbocycles. The van der Waals surface area contributed by atoms with Crippen molar-refractivity contribution in [3.63, 3.8) is 0 Å². The second kappa shape index (κ2) is 6.57. The van der Waals surface area contributed by atoms with Gasteiger partial charge in [-0.1, -0.05) is 6.92 Å². The van der Waals surface area contributed by atoms with Gasteiger partial charge in [0.05, 0.1) is 6.61 Å². The topological polar surface area (TPSA) is 75.8 Å². The molecule has 0 aromatic heterocycles. The van der Waals surface area contributed by atoms with Gasteiger partial charge in [0, 0.05) is 19.1 Å². The van der Waals surface area contributed by atoms with E-state index in [1.54, 1.807) is 4.90 Å². The van der Waals surface area contributed by atoms with Crippen molar-refractivity contribution in [3.05, 3.63) is 0 Å². The van der Waals surface area contributed by atoms with Crippen LogP contribution in [0.1, 0.15) is 40.5 Å². The Morgan fingerprint density at radius 1 is 1.53 bits per heavy atom. The molecule has 3 unspecified atom stereocenters. The zero-order valence-electron chi connectivity index (χ0n) is 12.6. The fourth-order valence-electron chi connectivity index (χ4n) is 2.41. The molecule has 0 aliphatic carbocycles. The molecule has 1 aliphatic rings. The Kier molecular flexibility index (Phi) is 5.62. The predicted octanol–water partition coefficient (Wildman–Crippen LogP) is 1.59. The van der Waals surface area contributed by atoms with E-state index in [9.17, 15) is 9.90 Å². The van der Waals surface area contributed by atoms with E-state index in [4.69, 9.17) is 10.5 Å². The van der Waals surface area contributed by atoms with E-state index in [0.717, 1.165) is 12.8 Å². The minimum absolute atomic E-state index is 0.0421. The number of carbonyl (C=O) groups is 1. The van der Waals surface area contributed by atoms with Crippen LogP contribution in [0.5, 0.6) is 0 Å². The summed E-state index contributed by atoms with van der Waals surface area (Å²) in [5.41, 5.74) is 5.46. The summed E-state index contributed by atoms with van der Waals surface area (Å²) in [4.78, 5) is 13.9. The van der Waals surface area contributed by atoms with Gasteiger partial charge in [0.25, 0.3) is 0 Å². The molecule has 1 aliphatic heterocycles. The number of amides is 1. The predicted molar refractivity (Wildman–Crippen MR) is 74.8 cm³/mol. The molecular weight excluding hydrogens is 244 g/mol. The van der Waals surface area contributed by atoms with Gasteiger partial charge in [-0.3, -0.25) is 0 Å². The maximum Gasteiger partial charge on any atom is 0.410 e. The molecular formula is C14H28N2O3. The molecule has 0 bridgehead atoms. The lowest BCUT2D eigenvalue weighted by Gasteiger charge is -2.29. The van der Waals surface area contributed by atoms with Crippen molar-refractivity contribution in [3.8, 4) is 0 Å². The number of nitrogens with zero attached hydrogens (tertiary/aromatic N) is 1. The first kappa shape index (κ1) is 16.2. The first-order chi connectivity index (χ1) is 8.73.